The van der Waals surface area contributed by atoms with Gasteiger partial charge in [-0.25, -0.2) is 0 Å². The molecule has 0 aliphatic heterocycles. The van der Waals surface area contributed by atoms with Gasteiger partial charge in [-0.1, -0.05) is 0 Å². The van der Waals surface area contributed by atoms with E-state index in [2.05, 4.69) is 0 Å². The molecule has 0 unspecified atom stereocenters. The molecule has 0 heterocycles. The van der Waals surface area contributed by atoms with Gasteiger partial charge < -0.3 is 0 Å². The Balaban J connectivity index is 0. The zero-order valence-electron chi connectivity index (χ0n) is 1.31. The summed E-state index contributed by atoms with van der Waals surface area (Å²) in [5, 5.41) is 0. The van der Waals surface area contributed by atoms with Crippen LogP contribution in [0.25, 0.3) is 0 Å². The van der Waals surface area contributed by atoms with Gasteiger partial charge in [-0.15, -0.1) is 0 Å². The quantitative estimate of drug-likeness (QED) is 0.550. The molecule has 0 aliphatic carbocycles. The Bertz CT molecular complexity index is 3.25. The van der Waals surface area contributed by atoms with Crippen molar-refractivity contribution in [3.63, 3.8) is 0 Å². The molecule has 0 bridgehead atoms. The van der Waals surface area contributed by atoms with Crippen molar-refractivity contribution in [2.45, 2.75) is 0 Å². The van der Waals surface area contributed by atoms with Gasteiger partial charge in [0.15, 0.2) is 0 Å². The van der Waals surface area contributed by atoms with E-state index in [1.165, 1.54) is 0 Å². The number of hydrogen-bond acceptors (Lipinski definition) is 0. The van der Waals surface area contributed by atoms with Crippen LogP contribution in [-0.4, -0.2) is 0 Å². The van der Waals surface area contributed by atoms with E-state index in [4.69, 9.17) is 0 Å². The third-order valence-electron chi connectivity index (χ3n) is 0. The first kappa shape index (κ1) is 34.1. The van der Waals surface area contributed by atoms with Crippen LogP contribution >= 0.6 is 0 Å². The van der Waals surface area contributed by atoms with E-state index in [0.717, 1.165) is 0 Å². The fourth-order valence-corrected chi connectivity index (χ4v) is 0. The summed E-state index contributed by atoms with van der Waals surface area (Å²) >= 11 is 0. The molecule has 3 radical (unpaired) electrons. The van der Waals surface area contributed by atoms with Crippen molar-refractivity contribution in [2.24, 2.45) is 0 Å². The first-order valence-electron chi connectivity index (χ1n) is 0. The van der Waals surface area contributed by atoms with Crippen LogP contribution in [0.3, 0.4) is 0 Å². The summed E-state index contributed by atoms with van der Waals surface area (Å²) in [7, 11) is 0. The molecule has 39 valence electrons. The van der Waals surface area contributed by atoms with Gasteiger partial charge in [0.25, 0.3) is 0 Å². The summed E-state index contributed by atoms with van der Waals surface area (Å²) in [4.78, 5) is 0. The van der Waals surface area contributed by atoms with Gasteiger partial charge in [0.05, 0.1) is 0 Å². The Morgan fingerprint density at radius 1 is 0.500 bits per heavy atom. The SMILES string of the molecule is [Cu].[Cu].[Cu].[Mo]. The maximum atomic E-state index is 0. The molecule has 0 rings (SSSR count). The van der Waals surface area contributed by atoms with Crippen molar-refractivity contribution < 1.29 is 72.3 Å². The average molecular weight is 287 g/mol. The second kappa shape index (κ2) is 18.7. The zero-order chi connectivity index (χ0) is 0. The largest absolute Gasteiger partial charge is 0 e. The van der Waals surface area contributed by atoms with Crippen LogP contribution in [0.5, 0.6) is 0 Å². The van der Waals surface area contributed by atoms with Crippen molar-refractivity contribution in [1.82, 2.24) is 0 Å². The molecule has 0 saturated heterocycles. The van der Waals surface area contributed by atoms with Crippen LogP contribution < -0.4 is 0 Å². The molecule has 0 nitrogen and oxygen atoms in total. The number of rotatable bonds is 0. The summed E-state index contributed by atoms with van der Waals surface area (Å²) in [6.07, 6.45) is 0. The summed E-state index contributed by atoms with van der Waals surface area (Å²) in [6, 6.07) is 0. The molecule has 4 heteroatoms. The molecule has 0 aromatic carbocycles. The van der Waals surface area contributed by atoms with Crippen LogP contribution in [-0.2, 0) is 72.3 Å². The van der Waals surface area contributed by atoms with E-state index in [1.54, 1.807) is 0 Å². The molecule has 0 spiro atoms. The van der Waals surface area contributed by atoms with Gasteiger partial charge in [0.2, 0.25) is 0 Å². The van der Waals surface area contributed by atoms with E-state index in [-0.39, 0.29) is 72.3 Å². The van der Waals surface area contributed by atoms with E-state index >= 15 is 0 Å². The summed E-state index contributed by atoms with van der Waals surface area (Å²) < 4.78 is 0. The predicted molar refractivity (Wildman–Crippen MR) is 0 cm³/mol. The van der Waals surface area contributed by atoms with Gasteiger partial charge in [-0.05, 0) is 0 Å². The van der Waals surface area contributed by atoms with Gasteiger partial charge in [-0.3, -0.25) is 0 Å². The predicted octanol–water partition coefficient (Wildman–Crippen LogP) is -0.0100. The third kappa shape index (κ3) is 8.87. The van der Waals surface area contributed by atoms with Crippen molar-refractivity contribution >= 4 is 0 Å². The van der Waals surface area contributed by atoms with Gasteiger partial charge in [-0.2, -0.15) is 0 Å². The standard InChI is InChI=1S/3Cu.Mo. The van der Waals surface area contributed by atoms with Gasteiger partial charge in [0.1, 0.15) is 0 Å². The Kier molecular flexibility index (Phi) is 160. The molecular weight excluding hydrogens is 287 g/mol. The molecular formula is Cu3Mo. The van der Waals surface area contributed by atoms with Crippen LogP contribution in [0, 0.1) is 0 Å². The van der Waals surface area contributed by atoms with E-state index in [9.17, 15) is 0 Å². The molecule has 0 aliphatic rings. The Morgan fingerprint density at radius 3 is 0.500 bits per heavy atom. The molecule has 0 atom stereocenters. The molecule has 4 heavy (non-hydrogen) atoms. The van der Waals surface area contributed by atoms with Crippen LogP contribution in [0.2, 0.25) is 0 Å². The fraction of sp³-hybridized carbons (Fsp3) is 0. The topological polar surface area (TPSA) is 0 Å². The molecule has 0 aromatic heterocycles. The van der Waals surface area contributed by atoms with Crippen molar-refractivity contribution in [1.29, 1.82) is 0 Å². The third-order valence-corrected chi connectivity index (χ3v) is 0. The molecule has 0 amide bonds. The van der Waals surface area contributed by atoms with Crippen LogP contribution in [0.1, 0.15) is 0 Å². The summed E-state index contributed by atoms with van der Waals surface area (Å²) in [5.41, 5.74) is 0. The van der Waals surface area contributed by atoms with Crippen molar-refractivity contribution in [3.8, 4) is 0 Å². The molecule has 0 N–H and O–H groups in total. The zero-order valence-corrected chi connectivity index (χ0v) is 6.14. The Labute approximate surface area is 71.5 Å². The monoisotopic (exact) mass is 287 g/mol. The van der Waals surface area contributed by atoms with Crippen molar-refractivity contribution in [2.75, 3.05) is 0 Å². The van der Waals surface area contributed by atoms with E-state index in [0.29, 0.717) is 0 Å². The van der Waals surface area contributed by atoms with Crippen LogP contribution in [0.4, 0.5) is 0 Å². The molecule has 0 fully saturated rings. The smallest absolute Gasteiger partial charge is 0 e. The maximum Gasteiger partial charge on any atom is 0 e. The number of hydrogen-bond donors (Lipinski definition) is 0. The average Bonchev–Trinajstić information content (AvgIpc) is 0. The minimum Gasteiger partial charge on any atom is 0 e. The first-order valence-corrected chi connectivity index (χ1v) is 0. The van der Waals surface area contributed by atoms with Crippen molar-refractivity contribution in [3.05, 3.63) is 0 Å². The second-order valence-electron chi connectivity index (χ2n) is 0. The Morgan fingerprint density at radius 2 is 0.500 bits per heavy atom. The molecule has 0 aromatic rings. The fourth-order valence-electron chi connectivity index (χ4n) is 0. The normalized spacial score (nSPS) is 0. The first-order chi connectivity index (χ1) is 0. The van der Waals surface area contributed by atoms with Gasteiger partial charge >= 0.3 is 0 Å². The molecule has 0 saturated carbocycles. The van der Waals surface area contributed by atoms with Gasteiger partial charge in [0, 0.05) is 72.3 Å². The van der Waals surface area contributed by atoms with E-state index in [1.807, 2.05) is 0 Å². The second-order valence-corrected chi connectivity index (χ2v) is 0. The minimum atomic E-state index is 0. The van der Waals surface area contributed by atoms with E-state index < -0.39 is 0 Å². The summed E-state index contributed by atoms with van der Waals surface area (Å²) in [5.74, 6) is 0. The minimum absolute atomic E-state index is 0. The summed E-state index contributed by atoms with van der Waals surface area (Å²) in [6.45, 7) is 0. The maximum absolute atomic E-state index is 0. The Hall–Kier alpha value is 2.25. The van der Waals surface area contributed by atoms with Crippen LogP contribution in [0.15, 0.2) is 0 Å².